The maximum Gasteiger partial charge on any atom is 0.353 e. The summed E-state index contributed by atoms with van der Waals surface area (Å²) in [7, 11) is 3.67. The SMILES string of the molecule is CN(C)c1cc(Oc2ccnc(N)c2[N+](=O)[O-])ccc1N. The van der Waals surface area contributed by atoms with Crippen molar-refractivity contribution in [3.63, 3.8) is 0 Å². The van der Waals surface area contributed by atoms with Crippen LogP contribution in [0.25, 0.3) is 0 Å². The van der Waals surface area contributed by atoms with Crippen molar-refractivity contribution >= 4 is 22.9 Å². The number of hydrogen-bond acceptors (Lipinski definition) is 7. The van der Waals surface area contributed by atoms with E-state index in [4.69, 9.17) is 16.2 Å². The molecule has 2 rings (SSSR count). The lowest BCUT2D eigenvalue weighted by Crippen LogP contribution is -2.11. The number of hydrogen-bond donors (Lipinski definition) is 2. The fourth-order valence-electron chi connectivity index (χ4n) is 1.82. The van der Waals surface area contributed by atoms with E-state index in [1.807, 2.05) is 19.0 Å². The largest absolute Gasteiger partial charge is 0.450 e. The number of nitrogens with zero attached hydrogens (tertiary/aromatic N) is 3. The number of benzene rings is 1. The molecule has 1 heterocycles. The topological polar surface area (TPSA) is 121 Å². The minimum atomic E-state index is -0.623. The summed E-state index contributed by atoms with van der Waals surface area (Å²) in [6.45, 7) is 0. The van der Waals surface area contributed by atoms with Crippen LogP contribution >= 0.6 is 0 Å². The van der Waals surface area contributed by atoms with Crippen molar-refractivity contribution in [2.24, 2.45) is 0 Å². The summed E-state index contributed by atoms with van der Waals surface area (Å²) in [4.78, 5) is 15.9. The number of anilines is 3. The Morgan fingerprint density at radius 3 is 2.62 bits per heavy atom. The standard InChI is InChI=1S/C13H15N5O3/c1-17(2)10-7-8(3-4-9(10)14)21-11-5-6-16-13(15)12(11)18(19)20/h3-7H,14H2,1-2H3,(H2,15,16). The molecular weight excluding hydrogens is 274 g/mol. The van der Waals surface area contributed by atoms with Crippen molar-refractivity contribution in [2.75, 3.05) is 30.5 Å². The maximum atomic E-state index is 11.0. The molecule has 8 nitrogen and oxygen atoms in total. The molecule has 0 aliphatic carbocycles. The van der Waals surface area contributed by atoms with Gasteiger partial charge in [-0.25, -0.2) is 4.98 Å². The van der Waals surface area contributed by atoms with Gasteiger partial charge in [0.1, 0.15) is 5.75 Å². The van der Waals surface area contributed by atoms with Crippen molar-refractivity contribution in [3.8, 4) is 11.5 Å². The molecule has 0 atom stereocenters. The van der Waals surface area contributed by atoms with E-state index in [2.05, 4.69) is 4.98 Å². The van der Waals surface area contributed by atoms with Crippen LogP contribution in [0.5, 0.6) is 11.5 Å². The Hall–Kier alpha value is -3.03. The molecule has 0 saturated heterocycles. The number of ether oxygens (including phenoxy) is 1. The Bertz CT molecular complexity index is 688. The van der Waals surface area contributed by atoms with Gasteiger partial charge in [-0.3, -0.25) is 10.1 Å². The van der Waals surface area contributed by atoms with Crippen LogP contribution in [0.3, 0.4) is 0 Å². The predicted octanol–water partition coefficient (Wildman–Crippen LogP) is 2.01. The monoisotopic (exact) mass is 289 g/mol. The van der Waals surface area contributed by atoms with Gasteiger partial charge in [0.2, 0.25) is 11.6 Å². The van der Waals surface area contributed by atoms with Crippen LogP contribution in [0.2, 0.25) is 0 Å². The van der Waals surface area contributed by atoms with Gasteiger partial charge in [-0.1, -0.05) is 0 Å². The zero-order valence-corrected chi connectivity index (χ0v) is 11.6. The predicted molar refractivity (Wildman–Crippen MR) is 80.6 cm³/mol. The summed E-state index contributed by atoms with van der Waals surface area (Å²) < 4.78 is 5.55. The first-order chi connectivity index (χ1) is 9.90. The van der Waals surface area contributed by atoms with Gasteiger partial charge in [-0.2, -0.15) is 0 Å². The third-order valence-electron chi connectivity index (χ3n) is 2.81. The molecule has 2 aromatic rings. The van der Waals surface area contributed by atoms with Crippen LogP contribution in [0, 0.1) is 10.1 Å². The number of nitrogens with two attached hydrogens (primary N) is 2. The average molecular weight is 289 g/mol. The normalized spacial score (nSPS) is 10.2. The summed E-state index contributed by atoms with van der Waals surface area (Å²) in [5.74, 6) is 0.254. The van der Waals surface area contributed by atoms with Crippen LogP contribution in [-0.2, 0) is 0 Å². The molecule has 1 aromatic heterocycles. The van der Waals surface area contributed by atoms with Crippen molar-refractivity contribution in [3.05, 3.63) is 40.6 Å². The molecular formula is C13H15N5O3. The van der Waals surface area contributed by atoms with Gasteiger partial charge in [0.05, 0.1) is 16.3 Å². The van der Waals surface area contributed by atoms with Gasteiger partial charge in [0.25, 0.3) is 0 Å². The molecule has 110 valence electrons. The molecule has 21 heavy (non-hydrogen) atoms. The highest BCUT2D eigenvalue weighted by Gasteiger charge is 2.21. The molecule has 8 heteroatoms. The lowest BCUT2D eigenvalue weighted by molar-refractivity contribution is -0.384. The van der Waals surface area contributed by atoms with Gasteiger partial charge >= 0.3 is 5.69 Å². The maximum absolute atomic E-state index is 11.0. The summed E-state index contributed by atoms with van der Waals surface area (Å²) in [5, 5.41) is 11.0. The van der Waals surface area contributed by atoms with Gasteiger partial charge < -0.3 is 21.1 Å². The van der Waals surface area contributed by atoms with E-state index < -0.39 is 4.92 Å². The average Bonchev–Trinajstić information content (AvgIpc) is 2.40. The van der Waals surface area contributed by atoms with E-state index in [0.717, 1.165) is 5.69 Å². The van der Waals surface area contributed by atoms with Crippen molar-refractivity contribution in [2.45, 2.75) is 0 Å². The molecule has 0 aliphatic rings. The van der Waals surface area contributed by atoms with E-state index >= 15 is 0 Å². The molecule has 0 amide bonds. The van der Waals surface area contributed by atoms with Crippen LogP contribution in [-0.4, -0.2) is 24.0 Å². The first-order valence-electron chi connectivity index (χ1n) is 6.03. The fourth-order valence-corrected chi connectivity index (χ4v) is 1.82. The molecule has 4 N–H and O–H groups in total. The summed E-state index contributed by atoms with van der Waals surface area (Å²) >= 11 is 0. The summed E-state index contributed by atoms with van der Waals surface area (Å²) in [5.41, 5.74) is 12.3. The highest BCUT2D eigenvalue weighted by Crippen LogP contribution is 2.36. The quantitative estimate of drug-likeness (QED) is 0.501. The summed E-state index contributed by atoms with van der Waals surface area (Å²) in [6.07, 6.45) is 1.35. The highest BCUT2D eigenvalue weighted by atomic mass is 16.6. The van der Waals surface area contributed by atoms with Gasteiger partial charge in [-0.15, -0.1) is 0 Å². The fraction of sp³-hybridized carbons (Fsp3) is 0.154. The first-order valence-corrected chi connectivity index (χ1v) is 6.03. The second kappa shape index (κ2) is 5.53. The number of nitro groups is 1. The number of pyridine rings is 1. The van der Waals surface area contributed by atoms with Gasteiger partial charge in [-0.05, 0) is 12.1 Å². The molecule has 1 aromatic carbocycles. The zero-order valence-electron chi connectivity index (χ0n) is 11.6. The van der Waals surface area contributed by atoms with Crippen molar-refractivity contribution in [1.29, 1.82) is 0 Å². The third kappa shape index (κ3) is 2.94. The van der Waals surface area contributed by atoms with E-state index in [-0.39, 0.29) is 17.3 Å². The second-order valence-electron chi connectivity index (χ2n) is 4.52. The van der Waals surface area contributed by atoms with Gasteiger partial charge in [0.15, 0.2) is 0 Å². The molecule has 0 unspecified atom stereocenters. The smallest absolute Gasteiger partial charge is 0.353 e. The third-order valence-corrected chi connectivity index (χ3v) is 2.81. The van der Waals surface area contributed by atoms with Crippen LogP contribution < -0.4 is 21.1 Å². The first kappa shape index (κ1) is 14.4. The second-order valence-corrected chi connectivity index (χ2v) is 4.52. The minimum Gasteiger partial charge on any atom is -0.450 e. The van der Waals surface area contributed by atoms with E-state index in [9.17, 15) is 10.1 Å². The van der Waals surface area contributed by atoms with E-state index in [1.165, 1.54) is 12.3 Å². The number of rotatable bonds is 4. The number of aromatic nitrogens is 1. The molecule has 0 spiro atoms. The Labute approximate surface area is 121 Å². The Kier molecular flexibility index (Phi) is 3.79. The van der Waals surface area contributed by atoms with E-state index in [0.29, 0.717) is 11.4 Å². The summed E-state index contributed by atoms with van der Waals surface area (Å²) in [6, 6.07) is 6.37. The molecule has 0 saturated carbocycles. The van der Waals surface area contributed by atoms with Gasteiger partial charge in [0, 0.05) is 32.4 Å². The number of nitrogen functional groups attached to an aromatic ring is 2. The molecule has 0 aliphatic heterocycles. The molecule has 0 fully saturated rings. The highest BCUT2D eigenvalue weighted by molar-refractivity contribution is 5.70. The van der Waals surface area contributed by atoms with E-state index in [1.54, 1.807) is 18.2 Å². The Morgan fingerprint density at radius 2 is 2.00 bits per heavy atom. The zero-order chi connectivity index (χ0) is 15.6. The van der Waals surface area contributed by atoms with Crippen LogP contribution in [0.4, 0.5) is 22.9 Å². The van der Waals surface area contributed by atoms with Crippen LogP contribution in [0.1, 0.15) is 0 Å². The molecule has 0 radical (unpaired) electrons. The molecule has 0 bridgehead atoms. The lowest BCUT2D eigenvalue weighted by Gasteiger charge is -2.16. The lowest BCUT2D eigenvalue weighted by atomic mass is 10.2. The Morgan fingerprint density at radius 1 is 1.29 bits per heavy atom. The van der Waals surface area contributed by atoms with Crippen LogP contribution in [0.15, 0.2) is 30.5 Å². The minimum absolute atomic E-state index is 0.0296. The van der Waals surface area contributed by atoms with Crippen molar-refractivity contribution in [1.82, 2.24) is 4.98 Å². The Balaban J connectivity index is 2.42. The van der Waals surface area contributed by atoms with Crippen molar-refractivity contribution < 1.29 is 9.66 Å².